The fourth-order valence-corrected chi connectivity index (χ4v) is 3.11. The van der Waals surface area contributed by atoms with Crippen molar-refractivity contribution in [3.05, 3.63) is 59.3 Å². The highest BCUT2D eigenvalue weighted by molar-refractivity contribution is 7.98. The van der Waals surface area contributed by atoms with Gasteiger partial charge in [0.2, 0.25) is 5.91 Å². The minimum atomic E-state index is -0.351. The number of carbonyl (C=O) groups is 2. The lowest BCUT2D eigenvalue weighted by Crippen LogP contribution is -2.27. The van der Waals surface area contributed by atoms with Gasteiger partial charge in [-0.25, -0.2) is 4.98 Å². The lowest BCUT2D eigenvalue weighted by molar-refractivity contribution is -0.116. The van der Waals surface area contributed by atoms with Gasteiger partial charge in [-0.1, -0.05) is 23.9 Å². The SMILES string of the molecule is Cc1ccc(C)c(NC(=O)CCNC(=O)c2ccc(CSc3ncn[nH]3)o2)c1. The summed E-state index contributed by atoms with van der Waals surface area (Å²) in [5, 5.41) is 12.8. The van der Waals surface area contributed by atoms with Crippen molar-refractivity contribution in [3.63, 3.8) is 0 Å². The number of furan rings is 1. The zero-order chi connectivity index (χ0) is 19.9. The van der Waals surface area contributed by atoms with Crippen molar-refractivity contribution in [3.8, 4) is 0 Å². The smallest absolute Gasteiger partial charge is 0.287 e. The summed E-state index contributed by atoms with van der Waals surface area (Å²) in [4.78, 5) is 28.3. The number of nitrogens with one attached hydrogen (secondary N) is 3. The molecule has 0 spiro atoms. The first-order valence-electron chi connectivity index (χ1n) is 8.73. The van der Waals surface area contributed by atoms with Crippen molar-refractivity contribution >= 4 is 29.3 Å². The van der Waals surface area contributed by atoms with Crippen LogP contribution in [0.3, 0.4) is 0 Å². The van der Waals surface area contributed by atoms with E-state index in [1.807, 2.05) is 32.0 Å². The van der Waals surface area contributed by atoms with Crippen LogP contribution in [0.2, 0.25) is 0 Å². The Kier molecular flexibility index (Phi) is 6.49. The fourth-order valence-electron chi connectivity index (χ4n) is 2.44. The van der Waals surface area contributed by atoms with E-state index in [-0.39, 0.29) is 30.5 Å². The number of hydrogen-bond donors (Lipinski definition) is 3. The molecule has 28 heavy (non-hydrogen) atoms. The molecule has 0 radical (unpaired) electrons. The molecule has 0 saturated heterocycles. The Labute approximate surface area is 166 Å². The van der Waals surface area contributed by atoms with Crippen LogP contribution in [-0.4, -0.2) is 33.5 Å². The van der Waals surface area contributed by atoms with Gasteiger partial charge in [-0.05, 0) is 43.2 Å². The lowest BCUT2D eigenvalue weighted by atomic mass is 10.1. The minimum absolute atomic E-state index is 0.155. The Balaban J connectivity index is 1.42. The normalized spacial score (nSPS) is 10.6. The second-order valence-corrected chi connectivity index (χ2v) is 7.18. The third-order valence-electron chi connectivity index (χ3n) is 3.93. The Hall–Kier alpha value is -3.07. The number of hydrogen-bond acceptors (Lipinski definition) is 6. The number of carbonyl (C=O) groups excluding carboxylic acids is 2. The van der Waals surface area contributed by atoms with Crippen LogP contribution >= 0.6 is 11.8 Å². The van der Waals surface area contributed by atoms with Gasteiger partial charge in [-0.3, -0.25) is 14.7 Å². The van der Waals surface area contributed by atoms with E-state index < -0.39 is 0 Å². The highest BCUT2D eigenvalue weighted by Crippen LogP contribution is 2.20. The van der Waals surface area contributed by atoms with Gasteiger partial charge in [0.05, 0.1) is 5.75 Å². The van der Waals surface area contributed by atoms with Crippen LogP contribution in [0.4, 0.5) is 5.69 Å². The first-order valence-corrected chi connectivity index (χ1v) is 9.72. The maximum absolute atomic E-state index is 12.2. The summed E-state index contributed by atoms with van der Waals surface area (Å²) < 4.78 is 5.53. The van der Waals surface area contributed by atoms with Crippen molar-refractivity contribution in [2.45, 2.75) is 31.2 Å². The second kappa shape index (κ2) is 9.23. The molecular weight excluding hydrogens is 378 g/mol. The van der Waals surface area contributed by atoms with Gasteiger partial charge in [-0.15, -0.1) is 0 Å². The monoisotopic (exact) mass is 399 g/mol. The summed E-state index contributed by atoms with van der Waals surface area (Å²) >= 11 is 1.42. The van der Waals surface area contributed by atoms with E-state index in [0.29, 0.717) is 16.7 Å². The molecule has 2 aromatic heterocycles. The summed E-state index contributed by atoms with van der Waals surface area (Å²) in [6.45, 7) is 4.13. The maximum Gasteiger partial charge on any atom is 0.287 e. The number of H-pyrrole nitrogens is 1. The molecule has 146 valence electrons. The van der Waals surface area contributed by atoms with Gasteiger partial charge < -0.3 is 15.1 Å². The van der Waals surface area contributed by atoms with E-state index in [4.69, 9.17) is 4.42 Å². The molecular formula is C19H21N5O3S. The number of thioether (sulfide) groups is 1. The summed E-state index contributed by atoms with van der Waals surface area (Å²) in [6, 6.07) is 9.23. The average molecular weight is 399 g/mol. The molecule has 0 saturated carbocycles. The summed E-state index contributed by atoms with van der Waals surface area (Å²) in [6.07, 6.45) is 1.60. The number of amides is 2. The van der Waals surface area contributed by atoms with Crippen LogP contribution in [0, 0.1) is 13.8 Å². The first-order chi connectivity index (χ1) is 13.5. The van der Waals surface area contributed by atoms with E-state index in [1.54, 1.807) is 12.1 Å². The van der Waals surface area contributed by atoms with E-state index in [1.165, 1.54) is 18.1 Å². The highest BCUT2D eigenvalue weighted by atomic mass is 32.2. The van der Waals surface area contributed by atoms with Crippen molar-refractivity contribution in [1.82, 2.24) is 20.5 Å². The number of benzene rings is 1. The quantitative estimate of drug-likeness (QED) is 0.502. The molecule has 0 atom stereocenters. The predicted octanol–water partition coefficient (Wildman–Crippen LogP) is 3.07. The molecule has 0 aliphatic heterocycles. The third kappa shape index (κ3) is 5.46. The van der Waals surface area contributed by atoms with Crippen molar-refractivity contribution in [2.24, 2.45) is 0 Å². The Bertz CT molecular complexity index is 952. The van der Waals surface area contributed by atoms with Gasteiger partial charge >= 0.3 is 0 Å². The maximum atomic E-state index is 12.2. The topological polar surface area (TPSA) is 113 Å². The molecule has 2 amide bonds. The fraction of sp³-hybridized carbons (Fsp3) is 0.263. The molecule has 2 heterocycles. The van der Waals surface area contributed by atoms with Crippen LogP contribution in [-0.2, 0) is 10.5 Å². The number of aromatic amines is 1. The molecule has 3 N–H and O–H groups in total. The van der Waals surface area contributed by atoms with Gasteiger partial charge in [0, 0.05) is 18.7 Å². The van der Waals surface area contributed by atoms with Gasteiger partial charge in [0.15, 0.2) is 10.9 Å². The Morgan fingerprint density at radius 1 is 1.21 bits per heavy atom. The molecule has 0 unspecified atom stereocenters. The predicted molar refractivity (Wildman–Crippen MR) is 106 cm³/mol. The van der Waals surface area contributed by atoms with Crippen LogP contribution in [0.15, 0.2) is 46.2 Å². The van der Waals surface area contributed by atoms with Crippen LogP contribution in [0.5, 0.6) is 0 Å². The van der Waals surface area contributed by atoms with Gasteiger partial charge in [0.25, 0.3) is 5.91 Å². The average Bonchev–Trinajstić information content (AvgIpc) is 3.34. The second-order valence-electron chi connectivity index (χ2n) is 6.22. The van der Waals surface area contributed by atoms with Crippen molar-refractivity contribution in [1.29, 1.82) is 0 Å². The standard InChI is InChI=1S/C19H21N5O3S/c1-12-3-4-13(2)15(9-12)23-17(25)7-8-20-18(26)16-6-5-14(27-16)10-28-19-21-11-22-24-19/h3-6,9,11H,7-8,10H2,1-2H3,(H,20,26)(H,23,25)(H,21,22,24). The number of aromatic nitrogens is 3. The molecule has 1 aromatic carbocycles. The summed E-state index contributed by atoms with van der Waals surface area (Å²) in [7, 11) is 0. The highest BCUT2D eigenvalue weighted by Gasteiger charge is 2.12. The Morgan fingerprint density at radius 2 is 2.07 bits per heavy atom. The lowest BCUT2D eigenvalue weighted by Gasteiger charge is -2.09. The zero-order valence-corrected chi connectivity index (χ0v) is 16.4. The first kappa shape index (κ1) is 19.7. The summed E-state index contributed by atoms with van der Waals surface area (Å²) in [5.41, 5.74) is 2.86. The van der Waals surface area contributed by atoms with Crippen LogP contribution in [0.1, 0.15) is 33.9 Å². The van der Waals surface area contributed by atoms with Crippen LogP contribution < -0.4 is 10.6 Å². The minimum Gasteiger partial charge on any atom is -0.455 e. The van der Waals surface area contributed by atoms with Gasteiger partial charge in [0.1, 0.15) is 12.1 Å². The number of rotatable bonds is 8. The van der Waals surface area contributed by atoms with Gasteiger partial charge in [-0.2, -0.15) is 5.10 Å². The molecule has 9 heteroatoms. The van der Waals surface area contributed by atoms with E-state index >= 15 is 0 Å². The Morgan fingerprint density at radius 3 is 2.86 bits per heavy atom. The van der Waals surface area contributed by atoms with E-state index in [9.17, 15) is 9.59 Å². The van der Waals surface area contributed by atoms with E-state index in [2.05, 4.69) is 25.8 Å². The summed E-state index contributed by atoms with van der Waals surface area (Å²) in [5.74, 6) is 0.885. The molecule has 3 rings (SSSR count). The molecule has 3 aromatic rings. The zero-order valence-electron chi connectivity index (χ0n) is 15.6. The third-order valence-corrected chi connectivity index (χ3v) is 4.83. The van der Waals surface area contributed by atoms with Crippen LogP contribution in [0.25, 0.3) is 0 Å². The largest absolute Gasteiger partial charge is 0.455 e. The molecule has 0 aliphatic carbocycles. The molecule has 0 aliphatic rings. The number of anilines is 1. The number of nitrogens with zero attached hydrogens (tertiary/aromatic N) is 2. The molecule has 0 fully saturated rings. The van der Waals surface area contributed by atoms with E-state index in [0.717, 1.165) is 16.8 Å². The molecule has 0 bridgehead atoms. The molecule has 8 nitrogen and oxygen atoms in total. The van der Waals surface area contributed by atoms with Crippen molar-refractivity contribution < 1.29 is 14.0 Å². The van der Waals surface area contributed by atoms with Crippen molar-refractivity contribution in [2.75, 3.05) is 11.9 Å². The number of aryl methyl sites for hydroxylation is 2.